The number of rotatable bonds is 3. The molecule has 104 valence electrons. The number of aromatic nitrogens is 2. The Morgan fingerprint density at radius 1 is 1.20 bits per heavy atom. The second-order valence-electron chi connectivity index (χ2n) is 4.94. The fourth-order valence-corrected chi connectivity index (χ4v) is 3.02. The molecule has 0 saturated heterocycles. The Morgan fingerprint density at radius 2 is 2.05 bits per heavy atom. The molecule has 0 unspecified atom stereocenters. The van der Waals surface area contributed by atoms with Crippen molar-refractivity contribution in [1.29, 1.82) is 0 Å². The lowest BCUT2D eigenvalue weighted by molar-refractivity contribution is 0.687. The number of thioether (sulfide) groups is 1. The zero-order chi connectivity index (χ0) is 13.9. The molecule has 1 aliphatic carbocycles. The van der Waals surface area contributed by atoms with Crippen molar-refractivity contribution in [3.05, 3.63) is 35.4 Å². The van der Waals surface area contributed by atoms with Gasteiger partial charge in [-0.25, -0.2) is 9.97 Å². The average Bonchev–Trinajstić information content (AvgIpc) is 2.47. The molecule has 2 aromatic rings. The van der Waals surface area contributed by atoms with E-state index >= 15 is 0 Å². The van der Waals surface area contributed by atoms with Crippen LogP contribution in [-0.2, 0) is 12.8 Å². The lowest BCUT2D eigenvalue weighted by Crippen LogP contribution is -2.07. The maximum absolute atomic E-state index is 5.82. The SMILES string of the molecule is CSc1nc(N)cc(Nc2cccc3c2CCCC3)n1. The summed E-state index contributed by atoms with van der Waals surface area (Å²) in [5, 5.41) is 4.10. The van der Waals surface area contributed by atoms with E-state index in [0.717, 1.165) is 17.9 Å². The lowest BCUT2D eigenvalue weighted by Gasteiger charge is -2.20. The molecular weight excluding hydrogens is 268 g/mol. The zero-order valence-corrected chi connectivity index (χ0v) is 12.3. The average molecular weight is 286 g/mol. The van der Waals surface area contributed by atoms with Gasteiger partial charge in [0, 0.05) is 11.8 Å². The van der Waals surface area contributed by atoms with Crippen LogP contribution in [0.3, 0.4) is 0 Å². The third-order valence-corrected chi connectivity index (χ3v) is 4.11. The highest BCUT2D eigenvalue weighted by molar-refractivity contribution is 7.98. The van der Waals surface area contributed by atoms with Gasteiger partial charge >= 0.3 is 0 Å². The second kappa shape index (κ2) is 5.71. The van der Waals surface area contributed by atoms with Crippen LogP contribution in [0.15, 0.2) is 29.4 Å². The van der Waals surface area contributed by atoms with Gasteiger partial charge in [0.25, 0.3) is 0 Å². The summed E-state index contributed by atoms with van der Waals surface area (Å²) in [4.78, 5) is 8.63. The van der Waals surface area contributed by atoms with Crippen molar-refractivity contribution >= 4 is 29.1 Å². The number of nitrogen functional groups attached to an aromatic ring is 1. The first kappa shape index (κ1) is 13.2. The summed E-state index contributed by atoms with van der Waals surface area (Å²) in [5.41, 5.74) is 9.84. The standard InChI is InChI=1S/C15H18N4S/c1-20-15-18-13(16)9-14(19-15)17-12-8-4-6-10-5-2-3-7-11(10)12/h4,6,8-9H,2-3,5,7H2,1H3,(H3,16,17,18,19). The van der Waals surface area contributed by atoms with Gasteiger partial charge in [0.15, 0.2) is 5.16 Å². The summed E-state index contributed by atoms with van der Waals surface area (Å²) in [6.07, 6.45) is 6.80. The molecule has 3 N–H and O–H groups in total. The summed E-state index contributed by atoms with van der Waals surface area (Å²) in [6, 6.07) is 8.22. The molecule has 1 aliphatic rings. The van der Waals surface area contributed by atoms with Gasteiger partial charge in [-0.1, -0.05) is 23.9 Å². The van der Waals surface area contributed by atoms with Crippen molar-refractivity contribution in [1.82, 2.24) is 9.97 Å². The van der Waals surface area contributed by atoms with Gasteiger partial charge in [0.2, 0.25) is 0 Å². The highest BCUT2D eigenvalue weighted by Gasteiger charge is 2.13. The maximum atomic E-state index is 5.82. The molecule has 0 amide bonds. The van der Waals surface area contributed by atoms with Gasteiger partial charge < -0.3 is 11.1 Å². The van der Waals surface area contributed by atoms with E-state index in [-0.39, 0.29) is 0 Å². The van der Waals surface area contributed by atoms with E-state index in [9.17, 15) is 0 Å². The molecule has 1 aromatic carbocycles. The third kappa shape index (κ3) is 2.72. The van der Waals surface area contributed by atoms with Crippen LogP contribution in [0.1, 0.15) is 24.0 Å². The molecule has 0 aliphatic heterocycles. The summed E-state index contributed by atoms with van der Waals surface area (Å²) >= 11 is 1.49. The number of benzene rings is 1. The molecule has 1 heterocycles. The minimum atomic E-state index is 0.497. The molecule has 20 heavy (non-hydrogen) atoms. The minimum absolute atomic E-state index is 0.497. The van der Waals surface area contributed by atoms with E-state index < -0.39 is 0 Å². The van der Waals surface area contributed by atoms with Gasteiger partial charge in [-0.05, 0) is 49.1 Å². The Bertz CT molecular complexity index is 627. The molecule has 0 spiro atoms. The van der Waals surface area contributed by atoms with Crippen molar-refractivity contribution in [3.8, 4) is 0 Å². The number of anilines is 3. The second-order valence-corrected chi connectivity index (χ2v) is 5.71. The Balaban J connectivity index is 1.93. The van der Waals surface area contributed by atoms with Crippen LogP contribution in [-0.4, -0.2) is 16.2 Å². The van der Waals surface area contributed by atoms with E-state index in [2.05, 4.69) is 33.5 Å². The molecule has 5 heteroatoms. The number of nitrogens with two attached hydrogens (primary N) is 1. The van der Waals surface area contributed by atoms with Crippen LogP contribution >= 0.6 is 11.8 Å². The molecule has 1 aromatic heterocycles. The summed E-state index contributed by atoms with van der Waals surface area (Å²) in [7, 11) is 0. The molecule has 0 saturated carbocycles. The van der Waals surface area contributed by atoms with Crippen molar-refractivity contribution in [3.63, 3.8) is 0 Å². The maximum Gasteiger partial charge on any atom is 0.191 e. The van der Waals surface area contributed by atoms with Crippen molar-refractivity contribution in [2.24, 2.45) is 0 Å². The highest BCUT2D eigenvalue weighted by atomic mass is 32.2. The van der Waals surface area contributed by atoms with Gasteiger partial charge in [0.1, 0.15) is 11.6 Å². The van der Waals surface area contributed by atoms with Gasteiger partial charge in [-0.3, -0.25) is 0 Å². The molecule has 0 radical (unpaired) electrons. The van der Waals surface area contributed by atoms with Gasteiger partial charge in [-0.2, -0.15) is 0 Å². The van der Waals surface area contributed by atoms with Crippen LogP contribution in [0.4, 0.5) is 17.3 Å². The predicted molar refractivity (Wildman–Crippen MR) is 84.6 cm³/mol. The number of aryl methyl sites for hydroxylation is 1. The van der Waals surface area contributed by atoms with Crippen molar-refractivity contribution in [2.75, 3.05) is 17.3 Å². The van der Waals surface area contributed by atoms with E-state index in [1.165, 1.54) is 42.2 Å². The zero-order valence-electron chi connectivity index (χ0n) is 11.5. The fraction of sp³-hybridized carbons (Fsp3) is 0.333. The molecule has 0 fully saturated rings. The largest absolute Gasteiger partial charge is 0.383 e. The number of nitrogens with one attached hydrogen (secondary N) is 1. The predicted octanol–water partition coefficient (Wildman–Crippen LogP) is 3.40. The lowest BCUT2D eigenvalue weighted by atomic mass is 9.90. The highest BCUT2D eigenvalue weighted by Crippen LogP contribution is 2.30. The van der Waals surface area contributed by atoms with Crippen LogP contribution in [0.25, 0.3) is 0 Å². The van der Waals surface area contributed by atoms with Gasteiger partial charge in [0.05, 0.1) is 0 Å². The molecular formula is C15H18N4S. The van der Waals surface area contributed by atoms with Crippen LogP contribution in [0.5, 0.6) is 0 Å². The van der Waals surface area contributed by atoms with Crippen molar-refractivity contribution in [2.45, 2.75) is 30.8 Å². The van der Waals surface area contributed by atoms with E-state index in [0.29, 0.717) is 11.0 Å². The smallest absolute Gasteiger partial charge is 0.191 e. The van der Waals surface area contributed by atoms with Crippen LogP contribution < -0.4 is 11.1 Å². The number of hydrogen-bond donors (Lipinski definition) is 2. The summed E-state index contributed by atoms with van der Waals surface area (Å²) < 4.78 is 0. The van der Waals surface area contributed by atoms with Gasteiger partial charge in [-0.15, -0.1) is 0 Å². The Labute approximate surface area is 123 Å². The minimum Gasteiger partial charge on any atom is -0.383 e. The fourth-order valence-electron chi connectivity index (χ4n) is 2.63. The molecule has 0 atom stereocenters. The first-order chi connectivity index (χ1) is 9.76. The quantitative estimate of drug-likeness (QED) is 0.669. The van der Waals surface area contributed by atoms with Crippen molar-refractivity contribution < 1.29 is 0 Å². The van der Waals surface area contributed by atoms with E-state index in [1.54, 1.807) is 6.07 Å². The Hall–Kier alpha value is -1.75. The number of hydrogen-bond acceptors (Lipinski definition) is 5. The Kier molecular flexibility index (Phi) is 3.78. The monoisotopic (exact) mass is 286 g/mol. The third-order valence-electron chi connectivity index (χ3n) is 3.57. The number of nitrogens with zero attached hydrogens (tertiary/aromatic N) is 2. The van der Waals surface area contributed by atoms with E-state index in [1.807, 2.05) is 6.26 Å². The van der Waals surface area contributed by atoms with Crippen LogP contribution in [0, 0.1) is 0 Å². The van der Waals surface area contributed by atoms with Crippen LogP contribution in [0.2, 0.25) is 0 Å². The normalized spacial score (nSPS) is 13.8. The summed E-state index contributed by atoms with van der Waals surface area (Å²) in [5.74, 6) is 1.26. The first-order valence-corrected chi connectivity index (χ1v) is 8.05. The Morgan fingerprint density at radius 3 is 2.90 bits per heavy atom. The number of fused-ring (bicyclic) bond motifs is 1. The molecule has 3 rings (SSSR count). The topological polar surface area (TPSA) is 63.8 Å². The molecule has 0 bridgehead atoms. The first-order valence-electron chi connectivity index (χ1n) is 6.82. The summed E-state index contributed by atoms with van der Waals surface area (Å²) in [6.45, 7) is 0. The van der Waals surface area contributed by atoms with E-state index in [4.69, 9.17) is 5.73 Å². The molecule has 4 nitrogen and oxygen atoms in total.